The third-order valence-corrected chi connectivity index (χ3v) is 18.8. The van der Waals surface area contributed by atoms with E-state index < -0.39 is 20.0 Å². The molecule has 0 radical (unpaired) electrons. The Bertz CT molecular complexity index is 1560. The van der Waals surface area contributed by atoms with E-state index in [2.05, 4.69) is 67.8 Å². The number of nitrogens with zero attached hydrogens (tertiary/aromatic N) is 1. The molecule has 0 bridgehead atoms. The second kappa shape index (κ2) is 68.8. The number of rotatable bonds is 72. The van der Waals surface area contributed by atoms with Gasteiger partial charge in [0.1, 0.15) is 13.2 Å². The molecule has 0 saturated heterocycles. The average molecular weight is 1240 g/mol. The van der Waals surface area contributed by atoms with Crippen LogP contribution in [0.1, 0.15) is 393 Å². The molecule has 0 aromatic rings. The molecule has 9 heteroatoms. The van der Waals surface area contributed by atoms with Gasteiger partial charge in [0.2, 0.25) is 5.91 Å². The van der Waals surface area contributed by atoms with Crippen LogP contribution in [0.2, 0.25) is 0 Å². The fourth-order valence-corrected chi connectivity index (χ4v) is 12.6. The topological polar surface area (TPSA) is 108 Å². The number of unbranched alkanes of at least 4 members (excludes halogenated alkanes) is 51. The fraction of sp³-hybridized carbons (Fsp3) is 0.885. The summed E-state index contributed by atoms with van der Waals surface area (Å²) in [5, 5.41) is 14.1. The number of allylic oxidation sites excluding steroid dienone is 8. The van der Waals surface area contributed by atoms with Crippen LogP contribution in [0.5, 0.6) is 0 Å². The van der Waals surface area contributed by atoms with Crippen LogP contribution in [0.4, 0.5) is 0 Å². The summed E-state index contributed by atoms with van der Waals surface area (Å²) in [4.78, 5) is 25.7. The van der Waals surface area contributed by atoms with Crippen molar-refractivity contribution in [3.63, 3.8) is 0 Å². The van der Waals surface area contributed by atoms with Crippen molar-refractivity contribution >= 4 is 13.7 Å². The summed E-state index contributed by atoms with van der Waals surface area (Å²) >= 11 is 0. The number of phosphoric acid groups is 1. The lowest BCUT2D eigenvalue weighted by Gasteiger charge is -2.30. The molecule has 0 aliphatic rings. The van der Waals surface area contributed by atoms with Crippen LogP contribution in [0.15, 0.2) is 48.6 Å². The van der Waals surface area contributed by atoms with Crippen molar-refractivity contribution in [2.75, 3.05) is 40.9 Å². The Hall–Kier alpha value is -1.54. The van der Waals surface area contributed by atoms with Gasteiger partial charge in [-0.3, -0.25) is 9.36 Å². The van der Waals surface area contributed by atoms with Crippen molar-refractivity contribution in [3.8, 4) is 0 Å². The zero-order chi connectivity index (χ0) is 63.4. The van der Waals surface area contributed by atoms with Gasteiger partial charge in [0.25, 0.3) is 7.82 Å². The third-order valence-electron chi connectivity index (χ3n) is 17.8. The first kappa shape index (κ1) is 85.5. The molecule has 2 N–H and O–H groups in total. The van der Waals surface area contributed by atoms with Gasteiger partial charge >= 0.3 is 0 Å². The molecule has 1 amide bonds. The van der Waals surface area contributed by atoms with E-state index in [0.717, 1.165) is 64.2 Å². The summed E-state index contributed by atoms with van der Waals surface area (Å²) in [5.74, 6) is -0.156. The highest BCUT2D eigenvalue weighted by Gasteiger charge is 2.24. The van der Waals surface area contributed by atoms with Crippen molar-refractivity contribution in [2.45, 2.75) is 405 Å². The Morgan fingerprint density at radius 1 is 0.414 bits per heavy atom. The van der Waals surface area contributed by atoms with E-state index in [1.165, 1.54) is 302 Å². The number of amides is 1. The maximum absolute atomic E-state index is 13.1. The minimum absolute atomic E-state index is 0.0146. The van der Waals surface area contributed by atoms with Crippen LogP contribution in [-0.4, -0.2) is 68.5 Å². The molecule has 0 aliphatic carbocycles. The minimum atomic E-state index is -4.58. The number of carbonyl (C=O) groups excluding carboxylic acids is 1. The maximum Gasteiger partial charge on any atom is 0.268 e. The molecular weight excluding hydrogens is 1090 g/mol. The van der Waals surface area contributed by atoms with E-state index in [4.69, 9.17) is 9.05 Å². The summed E-state index contributed by atoms with van der Waals surface area (Å²) in [5.41, 5.74) is 0. The van der Waals surface area contributed by atoms with Crippen LogP contribution in [0.25, 0.3) is 0 Å². The van der Waals surface area contributed by atoms with Gasteiger partial charge in [-0.15, -0.1) is 0 Å². The minimum Gasteiger partial charge on any atom is -0.756 e. The van der Waals surface area contributed by atoms with Crippen LogP contribution in [-0.2, 0) is 18.4 Å². The molecule has 514 valence electrons. The Labute approximate surface area is 543 Å². The molecule has 3 unspecified atom stereocenters. The normalized spacial score (nSPS) is 13.8. The monoisotopic (exact) mass is 1240 g/mol. The number of aliphatic hydroxyl groups is 1. The first-order chi connectivity index (χ1) is 42.5. The lowest BCUT2D eigenvalue weighted by molar-refractivity contribution is -0.870. The van der Waals surface area contributed by atoms with Gasteiger partial charge in [0.05, 0.1) is 39.9 Å². The molecule has 87 heavy (non-hydrogen) atoms. The fourth-order valence-electron chi connectivity index (χ4n) is 11.9. The standard InChI is InChI=1S/C78H151N2O6P/c1-6-8-10-12-14-16-18-20-22-24-26-28-30-32-34-36-37-38-39-40-41-42-43-44-46-48-50-52-54-56-58-60-62-64-66-68-70-72-78(82)79-76(75-86-87(83,84)85-74-73-80(3,4)5)77(81)71-69-67-65-63-61-59-57-55-53-51-49-47-45-35-33-31-29-27-25-23-21-19-17-15-13-11-9-7-2/h8,10,14,16,20,22,26,28,76-77,81H,6-7,9,11-13,15,17-19,21,23-25,27,29-75H2,1-5H3,(H-,79,82,83,84)/b10-8-,16-14-,22-20-,28-26-. The number of phosphoric ester groups is 1. The highest BCUT2D eigenvalue weighted by Crippen LogP contribution is 2.38. The number of carbonyl (C=O) groups is 1. The molecule has 0 aromatic carbocycles. The molecule has 0 saturated carbocycles. The van der Waals surface area contributed by atoms with E-state index in [1.807, 2.05) is 21.1 Å². The predicted molar refractivity (Wildman–Crippen MR) is 381 cm³/mol. The molecule has 0 aromatic heterocycles. The molecule has 8 nitrogen and oxygen atoms in total. The highest BCUT2D eigenvalue weighted by atomic mass is 31.2. The largest absolute Gasteiger partial charge is 0.756 e. The van der Waals surface area contributed by atoms with Gasteiger partial charge in [-0.1, -0.05) is 383 Å². The zero-order valence-electron chi connectivity index (χ0n) is 59.0. The van der Waals surface area contributed by atoms with Gasteiger partial charge in [-0.2, -0.15) is 0 Å². The van der Waals surface area contributed by atoms with Crippen LogP contribution >= 0.6 is 7.82 Å². The van der Waals surface area contributed by atoms with Crippen molar-refractivity contribution in [3.05, 3.63) is 48.6 Å². The highest BCUT2D eigenvalue weighted by molar-refractivity contribution is 7.45. The Kier molecular flexibility index (Phi) is 67.6. The lowest BCUT2D eigenvalue weighted by Crippen LogP contribution is -2.46. The summed E-state index contributed by atoms with van der Waals surface area (Å²) in [6, 6.07) is -0.801. The van der Waals surface area contributed by atoms with Gasteiger partial charge in [0.15, 0.2) is 0 Å². The number of quaternary nitrogens is 1. The molecule has 0 heterocycles. The first-order valence-corrected chi connectivity index (χ1v) is 39.9. The van der Waals surface area contributed by atoms with E-state index in [9.17, 15) is 19.4 Å². The summed E-state index contributed by atoms with van der Waals surface area (Å²) in [6.45, 7) is 4.67. The van der Waals surface area contributed by atoms with E-state index in [0.29, 0.717) is 23.9 Å². The summed E-state index contributed by atoms with van der Waals surface area (Å²) < 4.78 is 23.6. The van der Waals surface area contributed by atoms with Crippen molar-refractivity contribution in [1.29, 1.82) is 0 Å². The second-order valence-electron chi connectivity index (χ2n) is 27.7. The summed E-state index contributed by atoms with van der Waals surface area (Å²) in [7, 11) is 1.33. The van der Waals surface area contributed by atoms with Gasteiger partial charge in [0, 0.05) is 6.42 Å². The Balaban J connectivity index is 3.92. The predicted octanol–water partition coefficient (Wildman–Crippen LogP) is 24.3. The maximum atomic E-state index is 13.1. The van der Waals surface area contributed by atoms with Gasteiger partial charge in [-0.25, -0.2) is 0 Å². The number of hydrogen-bond donors (Lipinski definition) is 2. The van der Waals surface area contributed by atoms with Crippen molar-refractivity contribution in [1.82, 2.24) is 5.32 Å². The third kappa shape index (κ3) is 71.8. The van der Waals surface area contributed by atoms with Crippen molar-refractivity contribution in [2.24, 2.45) is 0 Å². The Morgan fingerprint density at radius 2 is 0.701 bits per heavy atom. The number of likely N-dealkylation sites (N-methyl/N-ethyl adjacent to an activating group) is 1. The molecule has 0 spiro atoms. The SMILES string of the molecule is CC/C=C\C/C=C\C/C=C\C/C=C\CCCCCCCCCCCCCCCCCCCCCCCCCCC(=O)NC(COP(=O)([O-])OCC[N+](C)(C)C)C(O)CCCCCCCCCCCCCCCCCCCCCCCCCCCCCC. The number of nitrogens with one attached hydrogen (secondary N) is 1. The molecule has 3 atom stereocenters. The van der Waals surface area contributed by atoms with E-state index >= 15 is 0 Å². The number of aliphatic hydroxyl groups excluding tert-OH is 1. The Morgan fingerprint density at radius 3 is 1.02 bits per heavy atom. The van der Waals surface area contributed by atoms with E-state index in [1.54, 1.807) is 0 Å². The van der Waals surface area contributed by atoms with Crippen LogP contribution < -0.4 is 10.2 Å². The average Bonchev–Trinajstić information content (AvgIpc) is 3.70. The van der Waals surface area contributed by atoms with Gasteiger partial charge in [-0.05, 0) is 51.4 Å². The molecule has 0 fully saturated rings. The zero-order valence-corrected chi connectivity index (χ0v) is 59.9. The van der Waals surface area contributed by atoms with E-state index in [-0.39, 0.29) is 19.1 Å². The second-order valence-corrected chi connectivity index (χ2v) is 29.1. The van der Waals surface area contributed by atoms with Crippen molar-refractivity contribution < 1.29 is 32.9 Å². The summed E-state index contributed by atoms with van der Waals surface area (Å²) in [6.07, 6.45) is 93.6. The molecule has 0 rings (SSSR count). The molecular formula is C78H151N2O6P. The number of hydrogen-bond acceptors (Lipinski definition) is 6. The van der Waals surface area contributed by atoms with Crippen LogP contribution in [0.3, 0.4) is 0 Å². The van der Waals surface area contributed by atoms with Gasteiger partial charge < -0.3 is 28.8 Å². The van der Waals surface area contributed by atoms with Crippen LogP contribution in [0, 0.1) is 0 Å². The first-order valence-electron chi connectivity index (χ1n) is 38.5. The quantitative estimate of drug-likeness (QED) is 0.0272. The molecule has 0 aliphatic heterocycles. The smallest absolute Gasteiger partial charge is 0.268 e. The lowest BCUT2D eigenvalue weighted by atomic mass is 10.0.